The number of carbonyl (C=O) groups excluding carboxylic acids is 1. The molecule has 0 saturated heterocycles. The fourth-order valence-corrected chi connectivity index (χ4v) is 3.35. The number of nitrogens with one attached hydrogen (secondary N) is 1. The Labute approximate surface area is 157 Å². The summed E-state index contributed by atoms with van der Waals surface area (Å²) in [6.07, 6.45) is 3.71. The van der Waals surface area contributed by atoms with Crippen LogP contribution in [0, 0.1) is 13.8 Å². The van der Waals surface area contributed by atoms with Gasteiger partial charge in [-0.05, 0) is 30.2 Å². The van der Waals surface area contributed by atoms with Gasteiger partial charge in [0.05, 0.1) is 23.3 Å². The average molecular weight is 359 g/mol. The van der Waals surface area contributed by atoms with Gasteiger partial charge in [-0.15, -0.1) is 0 Å². The number of aromatic nitrogens is 4. The minimum Gasteiger partial charge on any atom is -0.321 e. The topological polar surface area (TPSA) is 64.7 Å². The predicted molar refractivity (Wildman–Crippen MR) is 106 cm³/mol. The van der Waals surface area contributed by atoms with Crippen molar-refractivity contribution in [1.82, 2.24) is 19.6 Å². The summed E-state index contributed by atoms with van der Waals surface area (Å²) in [5.74, 6) is -0.123. The SMILES string of the molecule is Cc1nn(C)c(C)c1NC(=O)Cn1cc(-c2cccc3ccccc23)cn1. The summed E-state index contributed by atoms with van der Waals surface area (Å²) < 4.78 is 3.42. The molecule has 0 aliphatic heterocycles. The van der Waals surface area contributed by atoms with E-state index < -0.39 is 0 Å². The van der Waals surface area contributed by atoms with Crippen molar-refractivity contribution in [2.75, 3.05) is 5.32 Å². The minimum atomic E-state index is -0.123. The van der Waals surface area contributed by atoms with Crippen LogP contribution in [0.15, 0.2) is 54.9 Å². The number of fused-ring (bicyclic) bond motifs is 1. The fourth-order valence-electron chi connectivity index (χ4n) is 3.35. The van der Waals surface area contributed by atoms with E-state index in [4.69, 9.17) is 0 Å². The third-order valence-electron chi connectivity index (χ3n) is 4.81. The van der Waals surface area contributed by atoms with E-state index in [0.29, 0.717) is 0 Å². The summed E-state index contributed by atoms with van der Waals surface area (Å²) in [7, 11) is 1.86. The van der Waals surface area contributed by atoms with Crippen LogP contribution in [-0.4, -0.2) is 25.5 Å². The maximum Gasteiger partial charge on any atom is 0.246 e. The normalized spacial score (nSPS) is 11.1. The highest BCUT2D eigenvalue weighted by atomic mass is 16.2. The van der Waals surface area contributed by atoms with E-state index in [0.717, 1.165) is 28.2 Å². The van der Waals surface area contributed by atoms with Crippen LogP contribution in [-0.2, 0) is 18.4 Å². The molecule has 0 saturated carbocycles. The highest BCUT2D eigenvalue weighted by Gasteiger charge is 2.14. The van der Waals surface area contributed by atoms with Gasteiger partial charge in [0, 0.05) is 18.8 Å². The van der Waals surface area contributed by atoms with Gasteiger partial charge < -0.3 is 5.32 Å². The molecule has 4 aromatic rings. The van der Waals surface area contributed by atoms with Crippen molar-refractivity contribution in [3.63, 3.8) is 0 Å². The monoisotopic (exact) mass is 359 g/mol. The quantitative estimate of drug-likeness (QED) is 0.604. The number of benzene rings is 2. The van der Waals surface area contributed by atoms with Crippen molar-refractivity contribution < 1.29 is 4.79 Å². The van der Waals surface area contributed by atoms with Gasteiger partial charge >= 0.3 is 0 Å². The van der Waals surface area contributed by atoms with Crippen LogP contribution >= 0.6 is 0 Å². The van der Waals surface area contributed by atoms with E-state index in [-0.39, 0.29) is 12.5 Å². The zero-order chi connectivity index (χ0) is 19.0. The molecule has 0 spiro atoms. The zero-order valence-electron chi connectivity index (χ0n) is 15.6. The van der Waals surface area contributed by atoms with Gasteiger partial charge in [0.25, 0.3) is 0 Å². The molecule has 136 valence electrons. The van der Waals surface area contributed by atoms with Crippen molar-refractivity contribution >= 4 is 22.4 Å². The van der Waals surface area contributed by atoms with Crippen LogP contribution in [0.4, 0.5) is 5.69 Å². The molecule has 4 rings (SSSR count). The highest BCUT2D eigenvalue weighted by Crippen LogP contribution is 2.28. The van der Waals surface area contributed by atoms with Gasteiger partial charge in [-0.1, -0.05) is 42.5 Å². The van der Waals surface area contributed by atoms with E-state index >= 15 is 0 Å². The molecule has 0 radical (unpaired) electrons. The molecule has 2 aromatic carbocycles. The van der Waals surface area contributed by atoms with Gasteiger partial charge in [-0.25, -0.2) is 0 Å². The molecule has 1 N–H and O–H groups in total. The maximum absolute atomic E-state index is 12.4. The molecule has 0 aliphatic rings. The van der Waals surface area contributed by atoms with Gasteiger partial charge in [0.15, 0.2) is 0 Å². The van der Waals surface area contributed by atoms with Crippen molar-refractivity contribution in [1.29, 1.82) is 0 Å². The molecular formula is C21H21N5O. The summed E-state index contributed by atoms with van der Waals surface area (Å²) in [6, 6.07) is 14.5. The second kappa shape index (κ2) is 6.72. The fraction of sp³-hybridized carbons (Fsp3) is 0.190. The molecule has 1 amide bonds. The van der Waals surface area contributed by atoms with Gasteiger partial charge in [0.1, 0.15) is 6.54 Å². The number of aryl methyl sites for hydroxylation is 2. The highest BCUT2D eigenvalue weighted by molar-refractivity contribution is 5.96. The Morgan fingerprint density at radius 2 is 1.89 bits per heavy atom. The van der Waals surface area contributed by atoms with E-state index in [2.05, 4.69) is 39.8 Å². The first-order chi connectivity index (χ1) is 13.0. The summed E-state index contributed by atoms with van der Waals surface area (Å²) in [5.41, 5.74) is 4.61. The molecule has 0 bridgehead atoms. The zero-order valence-corrected chi connectivity index (χ0v) is 15.6. The van der Waals surface area contributed by atoms with Crippen LogP contribution in [0.25, 0.3) is 21.9 Å². The second-order valence-electron chi connectivity index (χ2n) is 6.67. The first kappa shape index (κ1) is 17.0. The summed E-state index contributed by atoms with van der Waals surface area (Å²) in [6.45, 7) is 3.97. The second-order valence-corrected chi connectivity index (χ2v) is 6.67. The van der Waals surface area contributed by atoms with Crippen LogP contribution in [0.2, 0.25) is 0 Å². The van der Waals surface area contributed by atoms with Crippen molar-refractivity contribution in [2.24, 2.45) is 7.05 Å². The number of nitrogens with zero attached hydrogens (tertiary/aromatic N) is 4. The molecule has 2 aromatic heterocycles. The van der Waals surface area contributed by atoms with Gasteiger partial charge in [0.2, 0.25) is 5.91 Å². The molecule has 6 nitrogen and oxygen atoms in total. The summed E-state index contributed by atoms with van der Waals surface area (Å²) >= 11 is 0. The lowest BCUT2D eigenvalue weighted by Crippen LogP contribution is -2.19. The standard InChI is InChI=1S/C21H21N5O/c1-14-21(15(2)25(3)24-14)23-20(27)13-26-12-17(11-22-26)19-10-6-8-16-7-4-5-9-18(16)19/h4-12H,13H2,1-3H3,(H,23,27). The molecule has 0 atom stereocenters. The van der Waals surface area contributed by atoms with E-state index in [1.807, 2.05) is 45.3 Å². The number of anilines is 1. The first-order valence-corrected chi connectivity index (χ1v) is 8.83. The maximum atomic E-state index is 12.4. The Morgan fingerprint density at radius 3 is 2.67 bits per heavy atom. The Balaban J connectivity index is 1.55. The minimum absolute atomic E-state index is 0.123. The number of carbonyl (C=O) groups is 1. The summed E-state index contributed by atoms with van der Waals surface area (Å²) in [5, 5.41) is 14.0. The molecule has 6 heteroatoms. The van der Waals surface area contributed by atoms with Crippen LogP contribution in [0.1, 0.15) is 11.4 Å². The van der Waals surface area contributed by atoms with Gasteiger partial charge in [-0.3, -0.25) is 14.2 Å². The molecule has 0 unspecified atom stereocenters. The summed E-state index contributed by atoms with van der Waals surface area (Å²) in [4.78, 5) is 12.4. The van der Waals surface area contributed by atoms with Crippen LogP contribution < -0.4 is 5.32 Å². The lowest BCUT2D eigenvalue weighted by Gasteiger charge is -2.06. The Morgan fingerprint density at radius 1 is 1.11 bits per heavy atom. The van der Waals surface area contributed by atoms with Crippen LogP contribution in [0.5, 0.6) is 0 Å². The third-order valence-corrected chi connectivity index (χ3v) is 4.81. The third kappa shape index (κ3) is 3.21. The number of hydrogen-bond acceptors (Lipinski definition) is 3. The predicted octanol–water partition coefficient (Wildman–Crippen LogP) is 3.69. The largest absolute Gasteiger partial charge is 0.321 e. The molecule has 2 heterocycles. The van der Waals surface area contributed by atoms with Crippen molar-refractivity contribution in [3.8, 4) is 11.1 Å². The Hall–Kier alpha value is -3.41. The van der Waals surface area contributed by atoms with Crippen molar-refractivity contribution in [3.05, 3.63) is 66.2 Å². The number of amides is 1. The lowest BCUT2D eigenvalue weighted by atomic mass is 10.0. The van der Waals surface area contributed by atoms with Gasteiger partial charge in [-0.2, -0.15) is 10.2 Å². The average Bonchev–Trinajstić information content (AvgIpc) is 3.21. The molecule has 27 heavy (non-hydrogen) atoms. The smallest absolute Gasteiger partial charge is 0.246 e. The Kier molecular flexibility index (Phi) is 4.24. The number of rotatable bonds is 4. The van der Waals surface area contributed by atoms with E-state index in [1.165, 1.54) is 10.8 Å². The molecule has 0 fully saturated rings. The number of hydrogen-bond donors (Lipinski definition) is 1. The molecule has 0 aliphatic carbocycles. The Bertz CT molecular complexity index is 1130. The lowest BCUT2D eigenvalue weighted by molar-refractivity contribution is -0.116. The van der Waals surface area contributed by atoms with E-state index in [1.54, 1.807) is 15.6 Å². The molecular weight excluding hydrogens is 338 g/mol. The first-order valence-electron chi connectivity index (χ1n) is 8.83. The van der Waals surface area contributed by atoms with Crippen molar-refractivity contribution in [2.45, 2.75) is 20.4 Å². The van der Waals surface area contributed by atoms with E-state index in [9.17, 15) is 4.79 Å². The van der Waals surface area contributed by atoms with Crippen LogP contribution in [0.3, 0.4) is 0 Å².